The van der Waals surface area contributed by atoms with E-state index in [0.717, 1.165) is 0 Å². The first-order chi connectivity index (χ1) is 16.5. The number of ether oxygens (including phenoxy) is 1. The molecular formula is C23H31ClN5O4PS. The molecule has 190 valence electrons. The van der Waals surface area contributed by atoms with Crippen molar-refractivity contribution in [1.82, 2.24) is 15.2 Å². The SMILES string of the molecule is CCP(=O)(CC)C1(OC)C=CC=CC1Nc1nnc(Cl)c(Nc2ccccc2S(=O)(=O)C(C)C)n1. The van der Waals surface area contributed by atoms with Gasteiger partial charge in [-0.1, -0.05) is 55.8 Å². The Balaban J connectivity index is 1.98. The summed E-state index contributed by atoms with van der Waals surface area (Å²) in [6, 6.07) is 5.98. The number of nitrogens with one attached hydrogen (secondary N) is 2. The molecule has 0 radical (unpaired) electrons. The molecule has 1 aliphatic carbocycles. The molecule has 9 nitrogen and oxygen atoms in total. The molecule has 35 heavy (non-hydrogen) atoms. The van der Waals surface area contributed by atoms with Crippen molar-refractivity contribution in [3.05, 3.63) is 53.7 Å². The lowest BCUT2D eigenvalue weighted by Crippen LogP contribution is -2.48. The van der Waals surface area contributed by atoms with Crippen LogP contribution in [-0.4, -0.2) is 59.7 Å². The quantitative estimate of drug-likeness (QED) is 0.397. The number of hydrogen-bond donors (Lipinski definition) is 2. The number of nitrogens with zero attached hydrogens (tertiary/aromatic N) is 3. The van der Waals surface area contributed by atoms with E-state index in [1.165, 1.54) is 13.2 Å². The minimum Gasteiger partial charge on any atom is -0.364 e. The zero-order valence-corrected chi connectivity index (χ0v) is 22.9. The van der Waals surface area contributed by atoms with E-state index in [9.17, 15) is 13.0 Å². The van der Waals surface area contributed by atoms with Gasteiger partial charge in [0.1, 0.15) is 7.14 Å². The first-order valence-electron chi connectivity index (χ1n) is 11.3. The Hall–Kier alpha value is -2.26. The van der Waals surface area contributed by atoms with Crippen molar-refractivity contribution in [2.75, 3.05) is 30.1 Å². The smallest absolute Gasteiger partial charge is 0.245 e. The van der Waals surface area contributed by atoms with Gasteiger partial charge in [-0.2, -0.15) is 4.98 Å². The molecule has 3 rings (SSSR count). The van der Waals surface area contributed by atoms with Gasteiger partial charge in [0, 0.05) is 19.4 Å². The number of methoxy groups -OCH3 is 1. The Morgan fingerprint density at radius 1 is 1.17 bits per heavy atom. The molecule has 1 aromatic heterocycles. The van der Waals surface area contributed by atoms with Gasteiger partial charge in [-0.05, 0) is 32.1 Å². The molecule has 0 fully saturated rings. The van der Waals surface area contributed by atoms with Crippen LogP contribution in [0.15, 0.2) is 53.5 Å². The fraction of sp³-hybridized carbons (Fsp3) is 0.435. The minimum absolute atomic E-state index is 0.0304. The van der Waals surface area contributed by atoms with Crippen LogP contribution in [0.3, 0.4) is 0 Å². The number of hydrogen-bond acceptors (Lipinski definition) is 9. The van der Waals surface area contributed by atoms with Crippen LogP contribution in [0.25, 0.3) is 0 Å². The van der Waals surface area contributed by atoms with Gasteiger partial charge in [-0.15, -0.1) is 10.2 Å². The summed E-state index contributed by atoms with van der Waals surface area (Å²) >= 11 is 6.25. The molecule has 0 saturated carbocycles. The third kappa shape index (κ3) is 5.16. The van der Waals surface area contributed by atoms with Crippen LogP contribution in [-0.2, 0) is 19.1 Å². The van der Waals surface area contributed by atoms with Crippen molar-refractivity contribution in [1.29, 1.82) is 0 Å². The van der Waals surface area contributed by atoms with Crippen molar-refractivity contribution in [2.24, 2.45) is 0 Å². The third-order valence-corrected chi connectivity index (χ3v) is 12.6. The van der Waals surface area contributed by atoms with E-state index in [1.54, 1.807) is 32.0 Å². The van der Waals surface area contributed by atoms with E-state index in [1.807, 2.05) is 38.2 Å². The Labute approximate surface area is 211 Å². The average Bonchev–Trinajstić information content (AvgIpc) is 2.86. The Bertz CT molecular complexity index is 1280. The summed E-state index contributed by atoms with van der Waals surface area (Å²) in [4.78, 5) is 4.57. The topological polar surface area (TPSA) is 123 Å². The number of rotatable bonds is 10. The number of halogens is 1. The van der Waals surface area contributed by atoms with Crippen molar-refractivity contribution in [2.45, 2.75) is 49.2 Å². The van der Waals surface area contributed by atoms with Gasteiger partial charge in [-0.25, -0.2) is 8.42 Å². The average molecular weight is 540 g/mol. The second kappa shape index (κ2) is 10.8. The summed E-state index contributed by atoms with van der Waals surface area (Å²) in [7, 11) is -4.82. The number of sulfone groups is 1. The molecule has 0 amide bonds. The fourth-order valence-electron chi connectivity index (χ4n) is 4.02. The summed E-state index contributed by atoms with van der Waals surface area (Å²) in [6.45, 7) is 7.01. The van der Waals surface area contributed by atoms with Crippen LogP contribution < -0.4 is 10.6 Å². The monoisotopic (exact) mass is 539 g/mol. The summed E-state index contributed by atoms with van der Waals surface area (Å²) in [5.74, 6) is 0.245. The van der Waals surface area contributed by atoms with Crippen LogP contribution in [0.1, 0.15) is 27.7 Å². The Kier molecular flexibility index (Phi) is 8.42. The number of allylic oxidation sites excluding steroid dienone is 2. The highest BCUT2D eigenvalue weighted by Gasteiger charge is 2.50. The molecule has 2 N–H and O–H groups in total. The largest absolute Gasteiger partial charge is 0.364 e. The van der Waals surface area contributed by atoms with Crippen LogP contribution in [0, 0.1) is 0 Å². The standard InChI is InChI=1S/C23H31ClN5O4PS/c1-6-34(30,7-2)23(33-5)15-11-10-14-19(23)26-22-27-21(20(24)28-29-22)25-17-12-8-9-13-18(17)35(31,32)16(3)4/h8-16,19H,6-7H2,1-5H3,(H2,25,26,27,29). The number of para-hydroxylation sites is 1. The van der Waals surface area contributed by atoms with Gasteiger partial charge in [0.05, 0.1) is 21.9 Å². The summed E-state index contributed by atoms with van der Waals surface area (Å²) in [6.07, 6.45) is 8.23. The van der Waals surface area contributed by atoms with Crippen molar-refractivity contribution in [3.8, 4) is 0 Å². The summed E-state index contributed by atoms with van der Waals surface area (Å²) in [5, 5.41) is 12.5. The lowest BCUT2D eigenvalue weighted by molar-refractivity contribution is 0.0923. The molecule has 2 atom stereocenters. The summed E-state index contributed by atoms with van der Waals surface area (Å²) < 4.78 is 45.3. The minimum atomic E-state index is -3.56. The van der Waals surface area contributed by atoms with Crippen molar-refractivity contribution in [3.63, 3.8) is 0 Å². The Morgan fingerprint density at radius 3 is 2.49 bits per heavy atom. The van der Waals surface area contributed by atoms with E-state index >= 15 is 0 Å². The Morgan fingerprint density at radius 2 is 1.86 bits per heavy atom. The third-order valence-electron chi connectivity index (χ3n) is 6.18. The maximum Gasteiger partial charge on any atom is 0.245 e. The molecule has 1 aromatic carbocycles. The predicted octanol–water partition coefficient (Wildman–Crippen LogP) is 5.10. The van der Waals surface area contributed by atoms with Crippen LogP contribution in [0.5, 0.6) is 0 Å². The first-order valence-corrected chi connectivity index (χ1v) is 15.3. The molecule has 2 unspecified atom stereocenters. The van der Waals surface area contributed by atoms with Crippen LogP contribution in [0.2, 0.25) is 5.15 Å². The maximum atomic E-state index is 13.8. The predicted molar refractivity (Wildman–Crippen MR) is 141 cm³/mol. The van der Waals surface area contributed by atoms with Crippen LogP contribution >= 0.6 is 18.7 Å². The number of benzene rings is 1. The second-order valence-electron chi connectivity index (χ2n) is 8.33. The van der Waals surface area contributed by atoms with E-state index in [-0.39, 0.29) is 21.8 Å². The first kappa shape index (κ1) is 27.3. The molecule has 1 aliphatic rings. The highest BCUT2D eigenvalue weighted by atomic mass is 35.5. The zero-order chi connectivity index (χ0) is 25.9. The molecule has 12 heteroatoms. The van der Waals surface area contributed by atoms with E-state index in [2.05, 4.69) is 25.8 Å². The molecule has 0 bridgehead atoms. The number of aromatic nitrogens is 3. The molecular weight excluding hydrogens is 509 g/mol. The van der Waals surface area contributed by atoms with Gasteiger partial charge < -0.3 is 19.9 Å². The second-order valence-corrected chi connectivity index (χ2v) is 14.9. The molecule has 0 saturated heterocycles. The van der Waals surface area contributed by atoms with Gasteiger partial charge >= 0.3 is 0 Å². The van der Waals surface area contributed by atoms with E-state index < -0.39 is 33.6 Å². The highest BCUT2D eigenvalue weighted by molar-refractivity contribution is 7.92. The maximum absolute atomic E-state index is 13.8. The molecule has 1 heterocycles. The molecule has 2 aromatic rings. The fourth-order valence-corrected chi connectivity index (χ4v) is 8.14. The lowest BCUT2D eigenvalue weighted by atomic mass is 10.1. The van der Waals surface area contributed by atoms with Crippen molar-refractivity contribution >= 4 is 46.0 Å². The van der Waals surface area contributed by atoms with Crippen molar-refractivity contribution < 1.29 is 17.7 Å². The van der Waals surface area contributed by atoms with Gasteiger partial charge in [0.2, 0.25) is 5.95 Å². The van der Waals surface area contributed by atoms with Gasteiger partial charge in [-0.3, -0.25) is 0 Å². The molecule has 0 aliphatic heterocycles. The number of anilines is 3. The normalized spacial score (nSPS) is 20.3. The lowest BCUT2D eigenvalue weighted by Gasteiger charge is -2.42. The highest BCUT2D eigenvalue weighted by Crippen LogP contribution is 2.61. The van der Waals surface area contributed by atoms with E-state index in [4.69, 9.17) is 16.3 Å². The van der Waals surface area contributed by atoms with E-state index in [0.29, 0.717) is 18.0 Å². The summed E-state index contributed by atoms with van der Waals surface area (Å²) in [5.41, 5.74) is 0.322. The zero-order valence-electron chi connectivity index (χ0n) is 20.4. The molecule has 0 spiro atoms. The van der Waals surface area contributed by atoms with Gasteiger partial charge in [0.25, 0.3) is 0 Å². The van der Waals surface area contributed by atoms with Gasteiger partial charge in [0.15, 0.2) is 26.2 Å². The van der Waals surface area contributed by atoms with Crippen LogP contribution in [0.4, 0.5) is 17.5 Å².